The summed E-state index contributed by atoms with van der Waals surface area (Å²) in [6.45, 7) is 0.284. The second kappa shape index (κ2) is 7.83. The SMILES string of the molecule is Cn1cncc1[C@]1(O)c2ccc(Cl)c(c2)OCc2cccc(c2)-c2cc(=O)n(C)c3ccc1cc23. The van der Waals surface area contributed by atoms with E-state index in [9.17, 15) is 9.90 Å². The van der Waals surface area contributed by atoms with E-state index in [0.717, 1.165) is 27.6 Å². The first-order valence-electron chi connectivity index (χ1n) is 11.2. The Morgan fingerprint density at radius 2 is 1.83 bits per heavy atom. The van der Waals surface area contributed by atoms with Gasteiger partial charge in [-0.1, -0.05) is 41.9 Å². The van der Waals surface area contributed by atoms with Gasteiger partial charge in [-0.25, -0.2) is 4.98 Å². The highest BCUT2D eigenvalue weighted by atomic mass is 35.5. The highest BCUT2D eigenvalue weighted by molar-refractivity contribution is 6.32. The van der Waals surface area contributed by atoms with Gasteiger partial charge in [-0.2, -0.15) is 0 Å². The third-order valence-corrected chi connectivity index (χ3v) is 7.15. The van der Waals surface area contributed by atoms with E-state index in [-0.39, 0.29) is 12.2 Å². The number of hydrogen-bond donors (Lipinski definition) is 1. The van der Waals surface area contributed by atoms with Crippen LogP contribution in [0.25, 0.3) is 22.0 Å². The molecule has 0 amide bonds. The molecule has 174 valence electrons. The van der Waals surface area contributed by atoms with Crippen molar-refractivity contribution in [3.63, 3.8) is 0 Å². The van der Waals surface area contributed by atoms with Crippen molar-refractivity contribution in [2.45, 2.75) is 12.2 Å². The number of fused-ring (bicyclic) bond motifs is 6. The Morgan fingerprint density at radius 3 is 2.63 bits per heavy atom. The molecule has 0 saturated heterocycles. The first-order valence-corrected chi connectivity index (χ1v) is 11.6. The lowest BCUT2D eigenvalue weighted by molar-refractivity contribution is 0.117. The van der Waals surface area contributed by atoms with Crippen LogP contribution in [0.4, 0.5) is 0 Å². The molecular weight excluding hydrogens is 462 g/mol. The van der Waals surface area contributed by atoms with E-state index in [4.69, 9.17) is 16.3 Å². The van der Waals surface area contributed by atoms with E-state index in [1.165, 1.54) is 0 Å². The summed E-state index contributed by atoms with van der Waals surface area (Å²) in [5.74, 6) is 0.473. The van der Waals surface area contributed by atoms with Gasteiger partial charge in [0.25, 0.3) is 5.56 Å². The third-order valence-electron chi connectivity index (χ3n) is 6.83. The van der Waals surface area contributed by atoms with Gasteiger partial charge in [0, 0.05) is 25.5 Å². The lowest BCUT2D eigenvalue weighted by Crippen LogP contribution is -2.31. The summed E-state index contributed by atoms with van der Waals surface area (Å²) >= 11 is 6.49. The second-order valence-corrected chi connectivity index (χ2v) is 9.33. The van der Waals surface area contributed by atoms with Crippen LogP contribution in [0, 0.1) is 0 Å². The maximum absolute atomic E-state index is 12.8. The first kappa shape index (κ1) is 21.6. The van der Waals surface area contributed by atoms with Crippen molar-refractivity contribution in [2.75, 3.05) is 0 Å². The molecule has 6 bridgehead atoms. The highest BCUT2D eigenvalue weighted by Gasteiger charge is 2.37. The number of aliphatic hydroxyl groups is 1. The summed E-state index contributed by atoms with van der Waals surface area (Å²) in [7, 11) is 3.60. The molecule has 35 heavy (non-hydrogen) atoms. The standard InChI is InChI=1S/C28H22ClN3O3/c1-31-16-30-14-26(31)28(34)19-7-9-24-22(11-19)21(13-27(33)32(24)2)18-5-3-4-17(10-18)15-35-25-12-20(28)6-8-23(25)29/h3-14,16,34H,15H2,1-2H3/t28-/m1/s1. The number of pyridine rings is 1. The third kappa shape index (κ3) is 3.29. The number of benzene rings is 3. The molecule has 7 heteroatoms. The molecule has 6 rings (SSSR count). The molecule has 0 unspecified atom stereocenters. The molecule has 1 aliphatic rings. The fourth-order valence-corrected chi connectivity index (χ4v) is 5.09. The van der Waals surface area contributed by atoms with E-state index in [2.05, 4.69) is 4.98 Å². The van der Waals surface area contributed by atoms with Crippen molar-refractivity contribution in [3.8, 4) is 16.9 Å². The molecule has 0 radical (unpaired) electrons. The molecule has 0 aliphatic carbocycles. The normalized spacial score (nSPS) is 16.9. The quantitative estimate of drug-likeness (QED) is 0.373. The molecule has 2 aromatic heterocycles. The number of nitrogens with zero attached hydrogens (tertiary/aromatic N) is 3. The van der Waals surface area contributed by atoms with Gasteiger partial charge in [-0.3, -0.25) is 4.79 Å². The second-order valence-electron chi connectivity index (χ2n) is 8.92. The minimum Gasteiger partial charge on any atom is -0.487 e. The Hall–Kier alpha value is -3.87. The van der Waals surface area contributed by atoms with Gasteiger partial charge < -0.3 is 19.0 Å². The van der Waals surface area contributed by atoms with Gasteiger partial charge in [-0.05, 0) is 58.1 Å². The zero-order chi connectivity index (χ0) is 24.3. The molecule has 1 aliphatic heterocycles. The molecular formula is C28H22ClN3O3. The largest absolute Gasteiger partial charge is 0.487 e. The van der Waals surface area contributed by atoms with Gasteiger partial charge >= 0.3 is 0 Å². The van der Waals surface area contributed by atoms with Crippen molar-refractivity contribution in [3.05, 3.63) is 117 Å². The van der Waals surface area contributed by atoms with Crippen LogP contribution in [0.15, 0.2) is 84.0 Å². The summed E-state index contributed by atoms with van der Waals surface area (Å²) in [4.78, 5) is 17.1. The van der Waals surface area contributed by atoms with Crippen molar-refractivity contribution in [1.29, 1.82) is 0 Å². The summed E-state index contributed by atoms with van der Waals surface area (Å²) < 4.78 is 9.53. The average molecular weight is 484 g/mol. The number of imidazole rings is 1. The number of halogens is 1. The fraction of sp³-hybridized carbons (Fsp3) is 0.143. The van der Waals surface area contributed by atoms with Crippen molar-refractivity contribution in [2.24, 2.45) is 14.1 Å². The fourth-order valence-electron chi connectivity index (χ4n) is 4.92. The summed E-state index contributed by atoms with van der Waals surface area (Å²) in [5, 5.41) is 13.8. The highest BCUT2D eigenvalue weighted by Crippen LogP contribution is 2.41. The molecule has 6 nitrogen and oxygen atoms in total. The zero-order valence-electron chi connectivity index (χ0n) is 19.2. The lowest BCUT2D eigenvalue weighted by atomic mass is 9.82. The number of ether oxygens (including phenoxy) is 1. The van der Waals surface area contributed by atoms with Crippen LogP contribution in [-0.2, 0) is 26.3 Å². The molecule has 0 saturated carbocycles. The monoisotopic (exact) mass is 483 g/mol. The smallest absolute Gasteiger partial charge is 0.251 e. The van der Waals surface area contributed by atoms with Crippen LogP contribution < -0.4 is 10.3 Å². The maximum atomic E-state index is 12.8. The zero-order valence-corrected chi connectivity index (χ0v) is 20.0. The van der Waals surface area contributed by atoms with E-state index in [0.29, 0.717) is 27.6 Å². The molecule has 5 aromatic rings. The predicted octanol–water partition coefficient (Wildman–Crippen LogP) is 4.77. The summed E-state index contributed by atoms with van der Waals surface area (Å²) in [5.41, 5.74) is 3.57. The van der Waals surface area contributed by atoms with Gasteiger partial charge in [0.05, 0.1) is 28.8 Å². The van der Waals surface area contributed by atoms with Crippen molar-refractivity contribution in [1.82, 2.24) is 14.1 Å². The van der Waals surface area contributed by atoms with E-state index >= 15 is 0 Å². The van der Waals surface area contributed by atoms with Crippen molar-refractivity contribution >= 4 is 22.5 Å². The minimum absolute atomic E-state index is 0.105. The van der Waals surface area contributed by atoms with E-state index in [1.807, 2.05) is 49.5 Å². The van der Waals surface area contributed by atoms with Crippen molar-refractivity contribution < 1.29 is 9.84 Å². The number of aryl methyl sites for hydroxylation is 2. The first-order chi connectivity index (χ1) is 16.9. The Balaban J connectivity index is 1.77. The predicted molar refractivity (Wildman–Crippen MR) is 136 cm³/mol. The van der Waals surface area contributed by atoms with Crippen LogP contribution in [0.1, 0.15) is 22.4 Å². The van der Waals surface area contributed by atoms with Gasteiger partial charge in [-0.15, -0.1) is 0 Å². The molecule has 1 N–H and O–H groups in total. The Kier molecular flexibility index (Phi) is 4.85. The lowest BCUT2D eigenvalue weighted by Gasteiger charge is -2.30. The van der Waals surface area contributed by atoms with Gasteiger partial charge in [0.2, 0.25) is 0 Å². The topological polar surface area (TPSA) is 69.3 Å². The Bertz CT molecular complexity index is 1690. The van der Waals surface area contributed by atoms with Gasteiger partial charge in [0.15, 0.2) is 5.60 Å². The van der Waals surface area contributed by atoms with Crippen LogP contribution in [0.3, 0.4) is 0 Å². The molecule has 3 heterocycles. The molecule has 1 atom stereocenters. The average Bonchev–Trinajstić information content (AvgIpc) is 3.31. The van der Waals surface area contributed by atoms with E-state index in [1.54, 1.807) is 53.0 Å². The summed E-state index contributed by atoms with van der Waals surface area (Å²) in [6.07, 6.45) is 3.31. The van der Waals surface area contributed by atoms with Crippen LogP contribution >= 0.6 is 11.6 Å². The van der Waals surface area contributed by atoms with E-state index < -0.39 is 5.60 Å². The Morgan fingerprint density at radius 1 is 1.03 bits per heavy atom. The number of rotatable bonds is 1. The molecule has 0 fully saturated rings. The van der Waals surface area contributed by atoms with Crippen LogP contribution in [0.5, 0.6) is 5.75 Å². The van der Waals surface area contributed by atoms with Gasteiger partial charge in [0.1, 0.15) is 12.4 Å². The Labute approximate surface area is 206 Å². The maximum Gasteiger partial charge on any atom is 0.251 e. The minimum atomic E-state index is -1.55. The molecule has 3 aromatic carbocycles. The van der Waals surface area contributed by atoms with Crippen LogP contribution in [-0.4, -0.2) is 19.2 Å². The summed E-state index contributed by atoms with van der Waals surface area (Å²) in [6, 6.07) is 20.6. The van der Waals surface area contributed by atoms with Crippen LogP contribution in [0.2, 0.25) is 5.02 Å². The number of aromatic nitrogens is 3. The number of hydrogen-bond acceptors (Lipinski definition) is 4. The molecule has 0 spiro atoms.